The number of sulfonamides is 1. The van der Waals surface area contributed by atoms with Crippen LogP contribution in [-0.2, 0) is 24.3 Å². The number of hydrogen-bond donors (Lipinski definition) is 1. The van der Waals surface area contributed by atoms with E-state index >= 15 is 0 Å². The second-order valence-electron chi connectivity index (χ2n) is 6.04. The lowest BCUT2D eigenvalue weighted by Gasteiger charge is -2.22. The molecule has 30 heavy (non-hydrogen) atoms. The molecule has 0 spiro atoms. The molecule has 9 nitrogen and oxygen atoms in total. The van der Waals surface area contributed by atoms with Crippen molar-refractivity contribution >= 4 is 39.2 Å². The molecule has 0 aliphatic heterocycles. The number of nitrogens with zero attached hydrogens (tertiary/aromatic N) is 1. The highest BCUT2D eigenvalue weighted by atomic mass is 32.2. The van der Waals surface area contributed by atoms with Gasteiger partial charge in [-0.3, -0.25) is 9.10 Å². The SMILES string of the molecule is COC(=O)c1ccc(C(=O)OC)c(NC(=O)CN(c2ccc(F)cc2)S(C)(=O)=O)c1. The molecule has 0 aliphatic carbocycles. The third-order valence-corrected chi connectivity index (χ3v) is 5.06. The monoisotopic (exact) mass is 438 g/mol. The van der Waals surface area contributed by atoms with E-state index in [0.29, 0.717) is 0 Å². The highest BCUT2D eigenvalue weighted by Crippen LogP contribution is 2.21. The van der Waals surface area contributed by atoms with E-state index in [1.54, 1.807) is 0 Å². The van der Waals surface area contributed by atoms with Gasteiger partial charge in [0.05, 0.1) is 43.0 Å². The quantitative estimate of drug-likeness (QED) is 0.655. The summed E-state index contributed by atoms with van der Waals surface area (Å²) in [4.78, 5) is 36.3. The van der Waals surface area contributed by atoms with Crippen LogP contribution in [0.3, 0.4) is 0 Å². The average molecular weight is 438 g/mol. The zero-order chi connectivity index (χ0) is 22.5. The van der Waals surface area contributed by atoms with Gasteiger partial charge in [-0.2, -0.15) is 0 Å². The van der Waals surface area contributed by atoms with Crippen molar-refractivity contribution in [1.29, 1.82) is 0 Å². The van der Waals surface area contributed by atoms with E-state index in [0.717, 1.165) is 29.8 Å². The van der Waals surface area contributed by atoms with Crippen LogP contribution in [-0.4, -0.2) is 53.3 Å². The molecule has 11 heteroatoms. The minimum Gasteiger partial charge on any atom is -0.465 e. The average Bonchev–Trinajstić information content (AvgIpc) is 2.70. The van der Waals surface area contributed by atoms with Crippen LogP contribution in [0.4, 0.5) is 15.8 Å². The van der Waals surface area contributed by atoms with Gasteiger partial charge in [0, 0.05) is 0 Å². The fourth-order valence-electron chi connectivity index (χ4n) is 2.51. The van der Waals surface area contributed by atoms with Crippen molar-refractivity contribution in [1.82, 2.24) is 0 Å². The molecule has 0 radical (unpaired) electrons. The summed E-state index contributed by atoms with van der Waals surface area (Å²) in [5.41, 5.74) is 0.0120. The van der Waals surface area contributed by atoms with E-state index in [4.69, 9.17) is 0 Å². The summed E-state index contributed by atoms with van der Waals surface area (Å²) in [6, 6.07) is 8.32. The molecule has 0 saturated carbocycles. The van der Waals surface area contributed by atoms with Crippen LogP contribution in [0.1, 0.15) is 20.7 Å². The summed E-state index contributed by atoms with van der Waals surface area (Å²) in [6.45, 7) is -0.659. The molecule has 0 atom stereocenters. The number of carbonyl (C=O) groups is 3. The van der Waals surface area contributed by atoms with Crippen LogP contribution in [0.25, 0.3) is 0 Å². The lowest BCUT2D eigenvalue weighted by molar-refractivity contribution is -0.114. The Hall–Kier alpha value is -3.47. The van der Waals surface area contributed by atoms with Gasteiger partial charge < -0.3 is 14.8 Å². The van der Waals surface area contributed by atoms with Crippen LogP contribution < -0.4 is 9.62 Å². The van der Waals surface area contributed by atoms with Crippen molar-refractivity contribution in [2.24, 2.45) is 0 Å². The molecule has 0 aromatic heterocycles. The Labute approximate surface area is 172 Å². The normalized spacial score (nSPS) is 10.8. The van der Waals surface area contributed by atoms with E-state index in [2.05, 4.69) is 14.8 Å². The Morgan fingerprint density at radius 1 is 1.00 bits per heavy atom. The van der Waals surface area contributed by atoms with Gasteiger partial charge in [-0.25, -0.2) is 22.4 Å². The summed E-state index contributed by atoms with van der Waals surface area (Å²) in [7, 11) is -1.58. The van der Waals surface area contributed by atoms with Crippen LogP contribution in [0.15, 0.2) is 42.5 Å². The maximum Gasteiger partial charge on any atom is 0.339 e. The number of ether oxygens (including phenoxy) is 2. The fourth-order valence-corrected chi connectivity index (χ4v) is 3.36. The van der Waals surface area contributed by atoms with Crippen molar-refractivity contribution < 1.29 is 36.7 Å². The van der Waals surface area contributed by atoms with Gasteiger partial charge in [-0.05, 0) is 42.5 Å². The highest BCUT2D eigenvalue weighted by molar-refractivity contribution is 7.92. The van der Waals surface area contributed by atoms with Crippen LogP contribution >= 0.6 is 0 Å². The Bertz CT molecular complexity index is 1070. The molecule has 0 heterocycles. The van der Waals surface area contributed by atoms with Gasteiger partial charge in [-0.15, -0.1) is 0 Å². The first-order chi connectivity index (χ1) is 14.1. The number of anilines is 2. The lowest BCUT2D eigenvalue weighted by atomic mass is 10.1. The number of esters is 2. The van der Waals surface area contributed by atoms with E-state index in [-0.39, 0.29) is 22.5 Å². The molecule has 0 aliphatic rings. The Morgan fingerprint density at radius 2 is 1.60 bits per heavy atom. The Kier molecular flexibility index (Phi) is 7.11. The topological polar surface area (TPSA) is 119 Å². The molecular weight excluding hydrogens is 419 g/mol. The summed E-state index contributed by atoms with van der Waals surface area (Å²) in [5, 5.41) is 2.40. The second kappa shape index (κ2) is 9.35. The van der Waals surface area contributed by atoms with Crippen molar-refractivity contribution in [3.05, 3.63) is 59.4 Å². The van der Waals surface area contributed by atoms with Gasteiger partial charge in [0.25, 0.3) is 0 Å². The first-order valence-electron chi connectivity index (χ1n) is 8.40. The molecule has 160 valence electrons. The lowest BCUT2D eigenvalue weighted by Crippen LogP contribution is -2.37. The number of methoxy groups -OCH3 is 2. The predicted molar refractivity (Wildman–Crippen MR) is 106 cm³/mol. The summed E-state index contributed by atoms with van der Waals surface area (Å²) in [6.07, 6.45) is 0.890. The maximum absolute atomic E-state index is 13.2. The number of rotatable bonds is 7. The van der Waals surface area contributed by atoms with Crippen molar-refractivity contribution in [3.8, 4) is 0 Å². The molecule has 0 fully saturated rings. The molecule has 0 unspecified atom stereocenters. The van der Waals surface area contributed by atoms with Crippen molar-refractivity contribution in [2.45, 2.75) is 0 Å². The molecule has 2 aromatic rings. The first kappa shape index (κ1) is 22.8. The number of carbonyl (C=O) groups excluding carboxylic acids is 3. The molecule has 1 N–H and O–H groups in total. The fraction of sp³-hybridized carbons (Fsp3) is 0.211. The van der Waals surface area contributed by atoms with Crippen molar-refractivity contribution in [3.63, 3.8) is 0 Å². The van der Waals surface area contributed by atoms with E-state index < -0.39 is 40.2 Å². The zero-order valence-corrected chi connectivity index (χ0v) is 17.2. The summed E-state index contributed by atoms with van der Waals surface area (Å²) < 4.78 is 47.4. The largest absolute Gasteiger partial charge is 0.465 e. The van der Waals surface area contributed by atoms with Crippen LogP contribution in [0.2, 0.25) is 0 Å². The molecule has 2 rings (SSSR count). The van der Waals surface area contributed by atoms with Crippen molar-refractivity contribution in [2.75, 3.05) is 36.6 Å². The number of amides is 1. The molecule has 0 saturated heterocycles. The Morgan fingerprint density at radius 3 is 2.13 bits per heavy atom. The smallest absolute Gasteiger partial charge is 0.339 e. The second-order valence-corrected chi connectivity index (χ2v) is 7.94. The zero-order valence-electron chi connectivity index (χ0n) is 16.3. The standard InChI is InChI=1S/C19H19FN2O7S/c1-28-18(24)12-4-9-15(19(25)29-2)16(10-12)21-17(23)11-22(30(3,26)27)14-7-5-13(20)6-8-14/h4-10H,11H2,1-3H3,(H,21,23). The minimum absolute atomic E-state index is 0.0498. The van der Waals surface area contributed by atoms with Gasteiger partial charge in [0.1, 0.15) is 12.4 Å². The highest BCUT2D eigenvalue weighted by Gasteiger charge is 2.23. The minimum atomic E-state index is -3.89. The van der Waals surface area contributed by atoms with Crippen LogP contribution in [0.5, 0.6) is 0 Å². The van der Waals surface area contributed by atoms with E-state index in [9.17, 15) is 27.2 Å². The molecule has 2 aromatic carbocycles. The number of hydrogen-bond acceptors (Lipinski definition) is 7. The first-order valence-corrected chi connectivity index (χ1v) is 10.3. The molecule has 1 amide bonds. The maximum atomic E-state index is 13.2. The van der Waals surface area contributed by atoms with Gasteiger partial charge >= 0.3 is 11.9 Å². The third kappa shape index (κ3) is 5.54. The van der Waals surface area contributed by atoms with Gasteiger partial charge in [0.15, 0.2) is 0 Å². The molecule has 0 bridgehead atoms. The predicted octanol–water partition coefficient (Wildman–Crippen LogP) is 1.80. The number of benzene rings is 2. The van der Waals surface area contributed by atoms with Gasteiger partial charge in [-0.1, -0.05) is 0 Å². The van der Waals surface area contributed by atoms with Crippen LogP contribution in [0, 0.1) is 5.82 Å². The summed E-state index contributed by atoms with van der Waals surface area (Å²) in [5.74, 6) is -2.86. The number of halogens is 1. The third-order valence-electron chi connectivity index (χ3n) is 3.92. The van der Waals surface area contributed by atoms with E-state index in [1.165, 1.54) is 37.4 Å². The van der Waals surface area contributed by atoms with E-state index in [1.807, 2.05) is 0 Å². The molecular formula is C19H19FN2O7S. The Balaban J connectivity index is 2.35. The number of nitrogens with one attached hydrogen (secondary N) is 1. The summed E-state index contributed by atoms with van der Waals surface area (Å²) >= 11 is 0. The van der Waals surface area contributed by atoms with Gasteiger partial charge in [0.2, 0.25) is 15.9 Å².